The molecule has 1 atom stereocenters. The van der Waals surface area contributed by atoms with Crippen LogP contribution in [0.2, 0.25) is 0 Å². The van der Waals surface area contributed by atoms with Crippen LogP contribution in [0.5, 0.6) is 5.75 Å². The molecule has 0 amide bonds. The van der Waals surface area contributed by atoms with Crippen LogP contribution in [0.25, 0.3) is 0 Å². The van der Waals surface area contributed by atoms with Gasteiger partial charge in [-0.3, -0.25) is 4.79 Å². The maximum Gasteiger partial charge on any atom is 0.313 e. The number of aliphatic hydroxyl groups is 2. The van der Waals surface area contributed by atoms with E-state index in [1.807, 2.05) is 60.7 Å². The summed E-state index contributed by atoms with van der Waals surface area (Å²) in [5.74, 6) is -0.953. The Bertz CT molecular complexity index is 1160. The van der Waals surface area contributed by atoms with E-state index >= 15 is 0 Å². The Labute approximate surface area is 225 Å². The van der Waals surface area contributed by atoms with Gasteiger partial charge in [-0.2, -0.15) is 0 Å². The normalized spacial score (nSPS) is 16.3. The van der Waals surface area contributed by atoms with Crippen molar-refractivity contribution >= 4 is 5.97 Å². The minimum absolute atomic E-state index is 0.0775. The van der Waals surface area contributed by atoms with E-state index in [0.29, 0.717) is 17.5 Å². The largest absolute Gasteiger partial charge is 0.508 e. The third-order valence-corrected chi connectivity index (χ3v) is 8.20. The number of piperidine rings is 1. The van der Waals surface area contributed by atoms with Crippen LogP contribution in [0.15, 0.2) is 78.9 Å². The fourth-order valence-corrected chi connectivity index (χ4v) is 5.60. The Balaban J connectivity index is 1.33. The van der Waals surface area contributed by atoms with Crippen LogP contribution >= 0.6 is 0 Å². The lowest BCUT2D eigenvalue weighted by Crippen LogP contribution is -2.44. The van der Waals surface area contributed by atoms with Crippen molar-refractivity contribution < 1.29 is 25.2 Å². The number of hydrogen-bond acceptors (Lipinski definition) is 5. The van der Waals surface area contributed by atoms with E-state index in [0.717, 1.165) is 50.0 Å². The Morgan fingerprint density at radius 3 is 1.97 bits per heavy atom. The zero-order valence-corrected chi connectivity index (χ0v) is 22.3. The maximum atomic E-state index is 12.1. The van der Waals surface area contributed by atoms with E-state index in [-0.39, 0.29) is 11.7 Å². The van der Waals surface area contributed by atoms with E-state index in [9.17, 15) is 25.2 Å². The average Bonchev–Trinajstić information content (AvgIpc) is 2.93. The van der Waals surface area contributed by atoms with E-state index in [2.05, 4.69) is 4.90 Å². The smallest absolute Gasteiger partial charge is 0.313 e. The van der Waals surface area contributed by atoms with Gasteiger partial charge in [-0.25, -0.2) is 0 Å². The summed E-state index contributed by atoms with van der Waals surface area (Å²) in [6.45, 7) is 5.73. The van der Waals surface area contributed by atoms with Crippen molar-refractivity contribution in [2.75, 3.05) is 19.6 Å². The minimum atomic E-state index is -1.12. The Morgan fingerprint density at radius 2 is 1.47 bits per heavy atom. The van der Waals surface area contributed by atoms with E-state index in [1.165, 1.54) is 6.07 Å². The molecule has 1 unspecified atom stereocenters. The van der Waals surface area contributed by atoms with Gasteiger partial charge in [-0.1, -0.05) is 72.8 Å². The molecule has 6 heteroatoms. The molecule has 202 valence electrons. The quantitative estimate of drug-likeness (QED) is 0.294. The van der Waals surface area contributed by atoms with Crippen molar-refractivity contribution in [2.24, 2.45) is 5.92 Å². The third kappa shape index (κ3) is 5.78. The van der Waals surface area contributed by atoms with Gasteiger partial charge in [0.2, 0.25) is 0 Å². The lowest BCUT2D eigenvalue weighted by Gasteiger charge is -2.42. The van der Waals surface area contributed by atoms with Gasteiger partial charge in [-0.15, -0.1) is 0 Å². The van der Waals surface area contributed by atoms with Gasteiger partial charge in [0.25, 0.3) is 0 Å². The fraction of sp³-hybridized carbons (Fsp3) is 0.406. The summed E-state index contributed by atoms with van der Waals surface area (Å²) in [6, 6.07) is 24.6. The van der Waals surface area contributed by atoms with Gasteiger partial charge in [-0.05, 0) is 87.8 Å². The Kier molecular flexibility index (Phi) is 8.56. The number of nitrogens with zero attached hydrogens (tertiary/aromatic N) is 1. The molecule has 0 radical (unpaired) electrons. The summed E-state index contributed by atoms with van der Waals surface area (Å²) in [5, 5.41) is 42.7. The molecule has 1 saturated heterocycles. The zero-order chi connectivity index (χ0) is 27.3. The molecule has 3 aromatic carbocycles. The highest BCUT2D eigenvalue weighted by atomic mass is 16.4. The molecule has 0 aromatic heterocycles. The van der Waals surface area contributed by atoms with Crippen molar-refractivity contribution in [1.82, 2.24) is 4.90 Å². The summed E-state index contributed by atoms with van der Waals surface area (Å²) in [6.07, 6.45) is 2.16. The second-order valence-electron chi connectivity index (χ2n) is 11.0. The number of carboxylic acid groups (broad SMARTS) is 1. The summed E-state index contributed by atoms with van der Waals surface area (Å²) in [7, 11) is 0. The number of hydrogen-bond donors (Lipinski definition) is 4. The molecule has 3 aromatic rings. The molecular weight excluding hydrogens is 478 g/mol. The van der Waals surface area contributed by atoms with Crippen LogP contribution < -0.4 is 0 Å². The molecule has 1 heterocycles. The molecular formula is C32H39NO5. The summed E-state index contributed by atoms with van der Waals surface area (Å²) >= 11 is 0. The Hall–Kier alpha value is -3.19. The number of aliphatic hydroxyl groups excluding tert-OH is 1. The molecule has 6 nitrogen and oxygen atoms in total. The van der Waals surface area contributed by atoms with Gasteiger partial charge >= 0.3 is 5.97 Å². The highest BCUT2D eigenvalue weighted by molar-refractivity contribution is 5.80. The van der Waals surface area contributed by atoms with Crippen molar-refractivity contribution in [3.8, 4) is 5.75 Å². The molecule has 0 spiro atoms. The third-order valence-electron chi connectivity index (χ3n) is 8.20. The number of rotatable bonds is 10. The zero-order valence-electron chi connectivity index (χ0n) is 22.3. The first-order valence-electron chi connectivity index (χ1n) is 13.4. The number of likely N-dealkylation sites (tertiary alicyclic amines) is 1. The highest BCUT2D eigenvalue weighted by Gasteiger charge is 2.41. The van der Waals surface area contributed by atoms with Crippen LogP contribution in [-0.4, -0.2) is 50.9 Å². The second kappa shape index (κ2) is 11.7. The monoisotopic (exact) mass is 517 g/mol. The van der Waals surface area contributed by atoms with Crippen LogP contribution in [0.1, 0.15) is 67.9 Å². The van der Waals surface area contributed by atoms with Crippen molar-refractivity contribution in [1.29, 1.82) is 0 Å². The molecule has 0 aliphatic carbocycles. The van der Waals surface area contributed by atoms with Crippen molar-refractivity contribution in [3.05, 3.63) is 101 Å². The van der Waals surface area contributed by atoms with Crippen LogP contribution in [0, 0.1) is 5.92 Å². The number of phenolic OH excluding ortho intramolecular Hbond substituents is 1. The predicted molar refractivity (Wildman–Crippen MR) is 148 cm³/mol. The summed E-state index contributed by atoms with van der Waals surface area (Å²) in [4.78, 5) is 13.9. The van der Waals surface area contributed by atoms with Crippen molar-refractivity contribution in [2.45, 2.75) is 56.7 Å². The minimum Gasteiger partial charge on any atom is -0.508 e. The van der Waals surface area contributed by atoms with E-state index < -0.39 is 23.1 Å². The van der Waals surface area contributed by atoms with E-state index in [4.69, 9.17) is 0 Å². The molecule has 1 aliphatic rings. The standard InChI is InChI=1S/C32H39NO5/c1-31(2,30(36)37)26-15-16-27(29(35)22-26)28(34)14-9-19-33-20-17-25(18-21-33)32(38,23-10-5-3-6-11-23)24-12-7-4-8-13-24/h3-8,10-13,15-16,22,25,28,34-35,38H,9,14,17-21H2,1-2H3,(H,36,37). The van der Waals surface area contributed by atoms with E-state index in [1.54, 1.807) is 26.0 Å². The number of phenols is 1. The van der Waals surface area contributed by atoms with Gasteiger partial charge in [0, 0.05) is 5.56 Å². The number of aliphatic carboxylic acids is 1. The molecule has 38 heavy (non-hydrogen) atoms. The maximum absolute atomic E-state index is 12.1. The number of aromatic hydroxyl groups is 1. The number of benzene rings is 3. The summed E-state index contributed by atoms with van der Waals surface area (Å²) < 4.78 is 0. The SMILES string of the molecule is CC(C)(C(=O)O)c1ccc(C(O)CCCN2CCC(C(O)(c3ccccc3)c3ccccc3)CC2)c(O)c1. The highest BCUT2D eigenvalue weighted by Crippen LogP contribution is 2.42. The van der Waals surface area contributed by atoms with Crippen LogP contribution in [-0.2, 0) is 15.8 Å². The van der Waals surface area contributed by atoms with Gasteiger partial charge < -0.3 is 25.3 Å². The fourth-order valence-electron chi connectivity index (χ4n) is 5.60. The molecule has 0 saturated carbocycles. The first-order valence-corrected chi connectivity index (χ1v) is 13.4. The topological polar surface area (TPSA) is 101 Å². The van der Waals surface area contributed by atoms with Gasteiger partial charge in [0.15, 0.2) is 0 Å². The molecule has 1 aliphatic heterocycles. The first-order chi connectivity index (χ1) is 18.1. The first kappa shape index (κ1) is 27.8. The van der Waals surface area contributed by atoms with Crippen LogP contribution in [0.3, 0.4) is 0 Å². The molecule has 1 fully saturated rings. The Morgan fingerprint density at radius 1 is 0.921 bits per heavy atom. The summed E-state index contributed by atoms with van der Waals surface area (Å²) in [5.41, 5.74) is 0.594. The predicted octanol–water partition coefficient (Wildman–Crippen LogP) is 5.22. The van der Waals surface area contributed by atoms with Crippen LogP contribution in [0.4, 0.5) is 0 Å². The molecule has 0 bridgehead atoms. The lowest BCUT2D eigenvalue weighted by molar-refractivity contribution is -0.142. The molecule has 4 N–H and O–H groups in total. The number of carbonyl (C=O) groups is 1. The lowest BCUT2D eigenvalue weighted by atomic mass is 9.72. The van der Waals surface area contributed by atoms with Gasteiger partial charge in [0.05, 0.1) is 11.5 Å². The van der Waals surface area contributed by atoms with Gasteiger partial charge in [0.1, 0.15) is 11.4 Å². The molecule has 4 rings (SSSR count). The average molecular weight is 518 g/mol. The number of carboxylic acids is 1. The van der Waals surface area contributed by atoms with Crippen molar-refractivity contribution in [3.63, 3.8) is 0 Å². The second-order valence-corrected chi connectivity index (χ2v) is 11.0.